The van der Waals surface area contributed by atoms with Crippen molar-refractivity contribution in [1.82, 2.24) is 4.98 Å². The molecule has 37 heavy (non-hydrogen) atoms. The molecule has 0 spiro atoms. The number of nitrogens with zero attached hydrogens (tertiary/aromatic N) is 3. The van der Waals surface area contributed by atoms with E-state index in [0.717, 1.165) is 50.9 Å². The Labute approximate surface area is 223 Å². The molecule has 196 valence electrons. The van der Waals surface area contributed by atoms with Gasteiger partial charge in [-0.3, -0.25) is 10.4 Å². The topological polar surface area (TPSA) is 40.6 Å². The Hall–Kier alpha value is -3.32. The monoisotopic (exact) mass is 520 g/mol. The van der Waals surface area contributed by atoms with Crippen LogP contribution in [0, 0.1) is 5.82 Å². The van der Waals surface area contributed by atoms with Crippen LogP contribution in [0.4, 0.5) is 21.5 Å². The molecule has 0 aliphatic heterocycles. The van der Waals surface area contributed by atoms with Gasteiger partial charge in [-0.2, -0.15) is 0 Å². The summed E-state index contributed by atoms with van der Waals surface area (Å²) in [4.78, 5) is 6.77. The standard InChI is InChI=1S/C30H37FN4OS/c1-5-6-7-8-9-10-19-36-25-16-17-27-29(21-25)37-30(32-27)22-11-18-28(26(31)20-22)35(4)33-23-12-14-24(15-13-23)34(2)3/h11-18,20-21,33H,5-10,19H2,1-4H3. The zero-order chi connectivity index (χ0) is 26.2. The van der Waals surface area contributed by atoms with E-state index >= 15 is 4.39 Å². The van der Waals surface area contributed by atoms with Gasteiger partial charge in [0.05, 0.1) is 28.2 Å². The molecule has 0 atom stereocenters. The summed E-state index contributed by atoms with van der Waals surface area (Å²) in [6.07, 6.45) is 7.46. The molecule has 3 aromatic carbocycles. The molecule has 0 saturated carbocycles. The number of hydrogen-bond donors (Lipinski definition) is 1. The van der Waals surface area contributed by atoms with Gasteiger partial charge >= 0.3 is 0 Å². The number of rotatable bonds is 13. The first kappa shape index (κ1) is 26.7. The van der Waals surface area contributed by atoms with Crippen molar-refractivity contribution in [2.45, 2.75) is 45.4 Å². The number of halogens is 1. The van der Waals surface area contributed by atoms with Crippen molar-refractivity contribution in [2.75, 3.05) is 43.1 Å². The SMILES string of the molecule is CCCCCCCCOc1ccc2nc(-c3ccc(N(C)Nc4ccc(N(C)C)cc4)c(F)c3)sc2c1. The van der Waals surface area contributed by atoms with Crippen LogP contribution in [-0.4, -0.2) is 32.7 Å². The highest BCUT2D eigenvalue weighted by Crippen LogP contribution is 2.34. The van der Waals surface area contributed by atoms with Gasteiger partial charge in [0.15, 0.2) is 0 Å². The highest BCUT2D eigenvalue weighted by molar-refractivity contribution is 7.21. The first-order valence-corrected chi connectivity index (χ1v) is 13.9. The largest absolute Gasteiger partial charge is 0.494 e. The van der Waals surface area contributed by atoms with Crippen LogP contribution in [0.15, 0.2) is 60.7 Å². The van der Waals surface area contributed by atoms with Crippen molar-refractivity contribution in [1.29, 1.82) is 0 Å². The van der Waals surface area contributed by atoms with Gasteiger partial charge in [-0.25, -0.2) is 9.37 Å². The van der Waals surface area contributed by atoms with E-state index in [0.29, 0.717) is 5.69 Å². The molecule has 0 radical (unpaired) electrons. The predicted molar refractivity (Wildman–Crippen MR) is 157 cm³/mol. The maximum absolute atomic E-state index is 15.1. The molecule has 4 rings (SSSR count). The highest BCUT2D eigenvalue weighted by Gasteiger charge is 2.13. The maximum Gasteiger partial charge on any atom is 0.149 e. The summed E-state index contributed by atoms with van der Waals surface area (Å²) in [6.45, 7) is 2.97. The number of aromatic nitrogens is 1. The smallest absolute Gasteiger partial charge is 0.149 e. The molecule has 0 bridgehead atoms. The summed E-state index contributed by atoms with van der Waals surface area (Å²) in [6, 6.07) is 19.2. The Bertz CT molecular complexity index is 1290. The minimum absolute atomic E-state index is 0.306. The first-order chi connectivity index (χ1) is 17.9. The molecule has 1 heterocycles. The van der Waals surface area contributed by atoms with E-state index in [1.54, 1.807) is 28.5 Å². The van der Waals surface area contributed by atoms with Gasteiger partial charge in [-0.1, -0.05) is 39.0 Å². The van der Waals surface area contributed by atoms with Gasteiger partial charge in [0, 0.05) is 32.4 Å². The summed E-state index contributed by atoms with van der Waals surface area (Å²) < 4.78 is 22.1. The van der Waals surface area contributed by atoms with Crippen LogP contribution < -0.4 is 20.1 Å². The van der Waals surface area contributed by atoms with Crippen LogP contribution in [0.25, 0.3) is 20.8 Å². The third-order valence-corrected chi connectivity index (χ3v) is 7.43. The third-order valence-electron chi connectivity index (χ3n) is 6.36. The van der Waals surface area contributed by atoms with Gasteiger partial charge < -0.3 is 9.64 Å². The fraction of sp³-hybridized carbons (Fsp3) is 0.367. The van der Waals surface area contributed by atoms with Crippen LogP contribution >= 0.6 is 11.3 Å². The minimum Gasteiger partial charge on any atom is -0.494 e. The summed E-state index contributed by atoms with van der Waals surface area (Å²) >= 11 is 1.56. The lowest BCUT2D eigenvalue weighted by Gasteiger charge is -2.23. The number of fused-ring (bicyclic) bond motifs is 1. The quantitative estimate of drug-likeness (QED) is 0.142. The van der Waals surface area contributed by atoms with Crippen molar-refractivity contribution in [3.63, 3.8) is 0 Å². The number of thiazole rings is 1. The molecular weight excluding hydrogens is 483 g/mol. The number of hydrogen-bond acceptors (Lipinski definition) is 6. The number of benzene rings is 3. The van der Waals surface area contributed by atoms with Crippen molar-refractivity contribution in [3.8, 4) is 16.3 Å². The van der Waals surface area contributed by atoms with Crippen molar-refractivity contribution >= 4 is 38.6 Å². The van der Waals surface area contributed by atoms with Crippen LogP contribution in [0.2, 0.25) is 0 Å². The molecule has 0 amide bonds. The average Bonchev–Trinajstić information content (AvgIpc) is 3.32. The Morgan fingerprint density at radius 3 is 2.38 bits per heavy atom. The van der Waals surface area contributed by atoms with E-state index < -0.39 is 0 Å². The molecule has 0 aliphatic carbocycles. The Kier molecular flexibility index (Phi) is 9.23. The fourth-order valence-corrected chi connectivity index (χ4v) is 5.18. The fourth-order valence-electron chi connectivity index (χ4n) is 4.19. The molecule has 1 aromatic heterocycles. The maximum atomic E-state index is 15.1. The minimum atomic E-state index is -0.306. The first-order valence-electron chi connectivity index (χ1n) is 13.1. The van der Waals surface area contributed by atoms with Crippen molar-refractivity contribution in [2.24, 2.45) is 0 Å². The van der Waals surface area contributed by atoms with E-state index in [-0.39, 0.29) is 5.82 Å². The van der Waals surface area contributed by atoms with Gasteiger partial charge in [0.1, 0.15) is 16.6 Å². The van der Waals surface area contributed by atoms with E-state index in [4.69, 9.17) is 9.72 Å². The lowest BCUT2D eigenvalue weighted by molar-refractivity contribution is 0.305. The molecule has 5 nitrogen and oxygen atoms in total. The molecule has 4 aromatic rings. The Morgan fingerprint density at radius 2 is 1.65 bits per heavy atom. The number of unbranched alkanes of at least 4 members (excludes halogenated alkanes) is 5. The average molecular weight is 521 g/mol. The lowest BCUT2D eigenvalue weighted by Crippen LogP contribution is -2.25. The zero-order valence-corrected chi connectivity index (χ0v) is 23.1. The molecule has 0 fully saturated rings. The van der Waals surface area contributed by atoms with Crippen molar-refractivity contribution in [3.05, 3.63) is 66.5 Å². The lowest BCUT2D eigenvalue weighted by atomic mass is 10.1. The Balaban J connectivity index is 1.38. The summed E-state index contributed by atoms with van der Waals surface area (Å²) in [5, 5.41) is 2.48. The third kappa shape index (κ3) is 7.13. The second-order valence-corrected chi connectivity index (χ2v) is 10.6. The normalized spacial score (nSPS) is 11.1. The van der Waals surface area contributed by atoms with Gasteiger partial charge in [-0.15, -0.1) is 11.3 Å². The zero-order valence-electron chi connectivity index (χ0n) is 22.3. The van der Waals surface area contributed by atoms with Gasteiger partial charge in [0.2, 0.25) is 0 Å². The summed E-state index contributed by atoms with van der Waals surface area (Å²) in [7, 11) is 5.81. The molecule has 0 aliphatic rings. The van der Waals surface area contributed by atoms with Crippen LogP contribution in [0.5, 0.6) is 5.75 Å². The molecule has 7 heteroatoms. The van der Waals surface area contributed by atoms with Crippen LogP contribution in [0.1, 0.15) is 45.4 Å². The van der Waals surface area contributed by atoms with Crippen LogP contribution in [-0.2, 0) is 0 Å². The number of hydrazine groups is 1. The van der Waals surface area contributed by atoms with Crippen molar-refractivity contribution < 1.29 is 9.13 Å². The summed E-state index contributed by atoms with van der Waals surface area (Å²) in [5.74, 6) is 0.559. The molecule has 1 N–H and O–H groups in total. The molecule has 0 unspecified atom stereocenters. The highest BCUT2D eigenvalue weighted by atomic mass is 32.1. The predicted octanol–water partition coefficient (Wildman–Crippen LogP) is 8.37. The number of ether oxygens (including phenoxy) is 1. The molecular formula is C30H37FN4OS. The van der Waals surface area contributed by atoms with E-state index in [9.17, 15) is 0 Å². The van der Waals surface area contributed by atoms with Gasteiger partial charge in [0.25, 0.3) is 0 Å². The Morgan fingerprint density at radius 1 is 0.892 bits per heavy atom. The second kappa shape index (κ2) is 12.8. The summed E-state index contributed by atoms with van der Waals surface area (Å²) in [5.41, 5.74) is 7.36. The van der Waals surface area contributed by atoms with E-state index in [1.807, 2.05) is 74.6 Å². The van der Waals surface area contributed by atoms with Gasteiger partial charge in [-0.05, 0) is 67.1 Å². The second-order valence-electron chi connectivity index (χ2n) is 9.54. The number of nitrogens with one attached hydrogen (secondary N) is 1. The molecule has 0 saturated heterocycles. The van der Waals surface area contributed by atoms with E-state index in [2.05, 4.69) is 12.3 Å². The van der Waals surface area contributed by atoms with Crippen LogP contribution in [0.3, 0.4) is 0 Å². The van der Waals surface area contributed by atoms with E-state index in [1.165, 1.54) is 32.1 Å². The number of anilines is 3.